The Morgan fingerprint density at radius 3 is 2.45 bits per heavy atom. The highest BCUT2D eigenvalue weighted by molar-refractivity contribution is 5.94. The van der Waals surface area contributed by atoms with Crippen LogP contribution >= 0.6 is 0 Å². The first kappa shape index (κ1) is 16.5. The zero-order chi connectivity index (χ0) is 16.2. The molecule has 1 fully saturated rings. The third-order valence-electron chi connectivity index (χ3n) is 4.05. The topological polar surface area (TPSA) is 60.8 Å². The van der Waals surface area contributed by atoms with E-state index in [-0.39, 0.29) is 12.0 Å². The number of piperidine rings is 1. The van der Waals surface area contributed by atoms with E-state index in [4.69, 9.17) is 0 Å². The summed E-state index contributed by atoms with van der Waals surface area (Å²) in [4.78, 5) is 14.1. The molecule has 22 heavy (non-hydrogen) atoms. The molecule has 1 saturated heterocycles. The van der Waals surface area contributed by atoms with Crippen molar-refractivity contribution in [1.29, 1.82) is 0 Å². The van der Waals surface area contributed by atoms with Gasteiger partial charge in [0.05, 0.1) is 6.10 Å². The van der Waals surface area contributed by atoms with Crippen LogP contribution in [0.2, 0.25) is 0 Å². The van der Waals surface area contributed by atoms with Gasteiger partial charge in [-0.05, 0) is 50.5 Å². The minimum atomic E-state index is -0.983. The number of nitrogens with zero attached hydrogens (tertiary/aromatic N) is 1. The van der Waals surface area contributed by atoms with Crippen molar-refractivity contribution < 1.29 is 15.0 Å². The van der Waals surface area contributed by atoms with Crippen LogP contribution in [0.25, 0.3) is 0 Å². The molecule has 1 atom stereocenters. The van der Waals surface area contributed by atoms with Gasteiger partial charge >= 0.3 is 0 Å². The molecule has 1 aliphatic heterocycles. The van der Waals surface area contributed by atoms with Crippen molar-refractivity contribution in [3.63, 3.8) is 0 Å². The van der Waals surface area contributed by atoms with Gasteiger partial charge in [-0.25, -0.2) is 0 Å². The Balaban J connectivity index is 2.04. The van der Waals surface area contributed by atoms with Crippen molar-refractivity contribution >= 4 is 5.91 Å². The molecule has 2 rings (SSSR count). The molecule has 0 spiro atoms. The van der Waals surface area contributed by atoms with E-state index in [1.807, 2.05) is 6.92 Å². The Labute approximate surface area is 131 Å². The highest BCUT2D eigenvalue weighted by Gasteiger charge is 2.22. The molecule has 1 aromatic rings. The van der Waals surface area contributed by atoms with Gasteiger partial charge in [0.25, 0.3) is 5.91 Å². The van der Waals surface area contributed by atoms with Gasteiger partial charge in [0.1, 0.15) is 5.60 Å². The molecule has 0 aliphatic carbocycles. The standard InChI is InChI=1S/C18H23NO3/c1-3-18(2,22)11-8-14-4-6-15(7-5-14)17(21)19-12-9-16(20)10-13-19/h4-7,16,20,22H,3,9-10,12-13H2,1-2H3. The number of hydrogen-bond donors (Lipinski definition) is 2. The monoisotopic (exact) mass is 301 g/mol. The van der Waals surface area contributed by atoms with Crippen LogP contribution in [-0.2, 0) is 0 Å². The maximum Gasteiger partial charge on any atom is 0.253 e. The minimum absolute atomic E-state index is 0.00744. The van der Waals surface area contributed by atoms with E-state index >= 15 is 0 Å². The van der Waals surface area contributed by atoms with Crippen LogP contribution in [0.1, 0.15) is 49.0 Å². The molecule has 118 valence electrons. The van der Waals surface area contributed by atoms with Gasteiger partial charge in [0.15, 0.2) is 0 Å². The van der Waals surface area contributed by atoms with Crippen LogP contribution in [-0.4, -0.2) is 45.8 Å². The molecule has 2 N–H and O–H groups in total. The normalized spacial score (nSPS) is 18.3. The van der Waals surface area contributed by atoms with Gasteiger partial charge in [0, 0.05) is 24.2 Å². The lowest BCUT2D eigenvalue weighted by Gasteiger charge is -2.29. The second-order valence-corrected chi connectivity index (χ2v) is 5.98. The summed E-state index contributed by atoms with van der Waals surface area (Å²) in [6.07, 6.45) is 1.56. The first-order chi connectivity index (χ1) is 10.4. The number of benzene rings is 1. The second-order valence-electron chi connectivity index (χ2n) is 5.98. The van der Waals surface area contributed by atoms with Gasteiger partial charge in [-0.15, -0.1) is 0 Å². The van der Waals surface area contributed by atoms with Crippen molar-refractivity contribution in [1.82, 2.24) is 4.90 Å². The molecule has 1 heterocycles. The van der Waals surface area contributed by atoms with Crippen LogP contribution in [0.15, 0.2) is 24.3 Å². The zero-order valence-corrected chi connectivity index (χ0v) is 13.2. The van der Waals surface area contributed by atoms with Gasteiger partial charge < -0.3 is 15.1 Å². The number of amides is 1. The lowest BCUT2D eigenvalue weighted by atomic mass is 10.0. The third-order valence-corrected chi connectivity index (χ3v) is 4.05. The summed E-state index contributed by atoms with van der Waals surface area (Å²) in [6, 6.07) is 7.12. The van der Waals surface area contributed by atoms with Crippen molar-refractivity contribution in [2.24, 2.45) is 0 Å². The molecular weight excluding hydrogens is 278 g/mol. The quantitative estimate of drug-likeness (QED) is 0.819. The van der Waals surface area contributed by atoms with Gasteiger partial charge in [-0.1, -0.05) is 18.8 Å². The number of likely N-dealkylation sites (tertiary alicyclic amines) is 1. The van der Waals surface area contributed by atoms with Crippen molar-refractivity contribution in [2.45, 2.75) is 44.8 Å². The van der Waals surface area contributed by atoms with E-state index < -0.39 is 5.60 Å². The van der Waals surface area contributed by atoms with E-state index in [0.29, 0.717) is 37.9 Å². The van der Waals surface area contributed by atoms with Crippen molar-refractivity contribution in [2.75, 3.05) is 13.1 Å². The molecular formula is C18H23NO3. The van der Waals surface area contributed by atoms with E-state index in [9.17, 15) is 15.0 Å². The van der Waals surface area contributed by atoms with E-state index in [1.165, 1.54) is 0 Å². The number of hydrogen-bond acceptors (Lipinski definition) is 3. The first-order valence-electron chi connectivity index (χ1n) is 7.74. The highest BCUT2D eigenvalue weighted by atomic mass is 16.3. The molecule has 1 unspecified atom stereocenters. The Kier molecular flexibility index (Phi) is 5.23. The zero-order valence-electron chi connectivity index (χ0n) is 13.2. The average Bonchev–Trinajstić information content (AvgIpc) is 2.54. The summed E-state index contributed by atoms with van der Waals surface area (Å²) in [5.41, 5.74) is 0.423. The second kappa shape index (κ2) is 6.95. The highest BCUT2D eigenvalue weighted by Crippen LogP contribution is 2.14. The summed E-state index contributed by atoms with van der Waals surface area (Å²) >= 11 is 0. The van der Waals surface area contributed by atoms with Crippen molar-refractivity contribution in [3.05, 3.63) is 35.4 Å². The summed E-state index contributed by atoms with van der Waals surface area (Å²) in [5.74, 6) is 5.75. The van der Waals surface area contributed by atoms with E-state index in [2.05, 4.69) is 11.8 Å². The Morgan fingerprint density at radius 1 is 1.32 bits per heavy atom. The fourth-order valence-corrected chi connectivity index (χ4v) is 2.24. The molecule has 1 aliphatic rings. The molecule has 0 bridgehead atoms. The average molecular weight is 301 g/mol. The molecule has 4 heteroatoms. The number of carbonyl (C=O) groups excluding carboxylic acids is 1. The predicted molar refractivity (Wildman–Crippen MR) is 85.4 cm³/mol. The number of aliphatic hydroxyl groups excluding tert-OH is 1. The van der Waals surface area contributed by atoms with Crippen LogP contribution in [0.4, 0.5) is 0 Å². The third kappa shape index (κ3) is 4.33. The van der Waals surface area contributed by atoms with Crippen molar-refractivity contribution in [3.8, 4) is 11.8 Å². The molecule has 1 amide bonds. The van der Waals surface area contributed by atoms with Crippen LogP contribution in [0, 0.1) is 11.8 Å². The summed E-state index contributed by atoms with van der Waals surface area (Å²) in [5, 5.41) is 19.4. The van der Waals surface area contributed by atoms with Gasteiger partial charge in [-0.2, -0.15) is 0 Å². The lowest BCUT2D eigenvalue weighted by molar-refractivity contribution is 0.0546. The number of carbonyl (C=O) groups is 1. The first-order valence-corrected chi connectivity index (χ1v) is 7.74. The summed E-state index contributed by atoms with van der Waals surface area (Å²) in [7, 11) is 0. The van der Waals surface area contributed by atoms with Crippen LogP contribution < -0.4 is 0 Å². The maximum absolute atomic E-state index is 12.3. The Morgan fingerprint density at radius 2 is 1.91 bits per heavy atom. The molecule has 1 aromatic carbocycles. The van der Waals surface area contributed by atoms with Crippen LogP contribution in [0.5, 0.6) is 0 Å². The van der Waals surface area contributed by atoms with Gasteiger partial charge in [-0.3, -0.25) is 4.79 Å². The lowest BCUT2D eigenvalue weighted by Crippen LogP contribution is -2.40. The SMILES string of the molecule is CCC(C)(O)C#Cc1ccc(C(=O)N2CCC(O)CC2)cc1. The van der Waals surface area contributed by atoms with E-state index in [1.54, 1.807) is 36.1 Å². The summed E-state index contributed by atoms with van der Waals surface area (Å²) < 4.78 is 0. The smallest absolute Gasteiger partial charge is 0.253 e. The Bertz CT molecular complexity index is 573. The fraction of sp³-hybridized carbons (Fsp3) is 0.500. The predicted octanol–water partition coefficient (Wildman–Crippen LogP) is 1.80. The molecule has 0 aromatic heterocycles. The molecule has 0 radical (unpaired) electrons. The molecule has 0 saturated carbocycles. The Hall–Kier alpha value is -1.83. The maximum atomic E-state index is 12.3. The fourth-order valence-electron chi connectivity index (χ4n) is 2.24. The van der Waals surface area contributed by atoms with Gasteiger partial charge in [0.2, 0.25) is 0 Å². The minimum Gasteiger partial charge on any atom is -0.393 e. The summed E-state index contributed by atoms with van der Waals surface area (Å²) in [6.45, 7) is 4.76. The van der Waals surface area contributed by atoms with E-state index in [0.717, 1.165) is 5.56 Å². The largest absolute Gasteiger partial charge is 0.393 e. The van der Waals surface area contributed by atoms with Crippen LogP contribution in [0.3, 0.4) is 0 Å². The number of aliphatic hydroxyl groups is 2. The number of rotatable bonds is 2. The molecule has 4 nitrogen and oxygen atoms in total.